The minimum atomic E-state index is -0.184. The van der Waals surface area contributed by atoms with E-state index >= 15 is 0 Å². The van der Waals surface area contributed by atoms with Crippen LogP contribution in [-0.4, -0.2) is 0 Å². The summed E-state index contributed by atoms with van der Waals surface area (Å²) in [5.41, 5.74) is 22.2. The predicted molar refractivity (Wildman–Crippen MR) is 301 cm³/mol. The Labute approximate surface area is 423 Å². The zero-order chi connectivity index (χ0) is 48.1. The molecule has 0 radical (unpaired) electrons. The summed E-state index contributed by atoms with van der Waals surface area (Å²) < 4.78 is 0. The zero-order valence-electron chi connectivity index (χ0n) is 39.9. The molecular weight excluding hydrogens is 871 g/mol. The molecule has 12 rings (SSSR count). The van der Waals surface area contributed by atoms with Gasteiger partial charge >= 0.3 is 0 Å². The van der Waals surface area contributed by atoms with Gasteiger partial charge in [-0.05, 0) is 125 Å². The molecule has 3 atom stereocenters. The van der Waals surface area contributed by atoms with Crippen molar-refractivity contribution >= 4 is 28.1 Å². The second-order valence-corrected chi connectivity index (χ2v) is 18.6. The van der Waals surface area contributed by atoms with Gasteiger partial charge in [0.1, 0.15) is 6.17 Å². The molecule has 2 aliphatic rings. The van der Waals surface area contributed by atoms with Crippen molar-refractivity contribution in [1.29, 1.82) is 0 Å². The van der Waals surface area contributed by atoms with Crippen LogP contribution in [0.3, 0.4) is 0 Å². The Morgan fingerprint density at radius 3 is 1.24 bits per heavy atom. The zero-order valence-corrected chi connectivity index (χ0v) is 39.9. The van der Waals surface area contributed by atoms with Gasteiger partial charge in [-0.3, -0.25) is 5.32 Å². The van der Waals surface area contributed by atoms with Gasteiger partial charge in [0.25, 0.3) is 0 Å². The van der Waals surface area contributed by atoms with Crippen LogP contribution in [0, 0.1) is 0 Å². The lowest BCUT2D eigenvalue weighted by molar-refractivity contribution is 0.443. The Bertz CT molecular complexity index is 3510. The smallest absolute Gasteiger partial charge is 0.104 e. The molecule has 0 fully saturated rings. The summed E-state index contributed by atoms with van der Waals surface area (Å²) in [6.07, 6.45) is 2.16. The molecule has 0 saturated carbocycles. The van der Waals surface area contributed by atoms with E-state index in [2.05, 4.69) is 301 Å². The van der Waals surface area contributed by atoms with E-state index in [1.807, 2.05) is 0 Å². The summed E-state index contributed by atoms with van der Waals surface area (Å²) in [5.74, 6) is 0. The first kappa shape index (κ1) is 44.2. The molecule has 10 aromatic rings. The third-order valence-electron chi connectivity index (χ3n) is 14.0. The van der Waals surface area contributed by atoms with E-state index in [4.69, 9.17) is 0 Å². The Kier molecular flexibility index (Phi) is 12.4. The first-order chi connectivity index (χ1) is 35.7. The minimum Gasteiger partial charge on any atom is -0.373 e. The average molecular weight is 924 g/mol. The van der Waals surface area contributed by atoms with E-state index < -0.39 is 0 Å². The first-order valence-corrected chi connectivity index (χ1v) is 24.9. The number of dihydropyridines is 1. The summed E-state index contributed by atoms with van der Waals surface area (Å²) in [6.45, 7) is 0. The number of hydrogen-bond acceptors (Lipinski definition) is 3. The van der Waals surface area contributed by atoms with Gasteiger partial charge in [-0.25, -0.2) is 0 Å². The maximum atomic E-state index is 4.13. The second-order valence-electron chi connectivity index (χ2n) is 18.6. The molecule has 0 bridgehead atoms. The standard InChI is InChI=1S/C69H53N3/c1-8-24-48(25-9-1)59-44-60(49-26-10-2-11-27-49)46-61(45-59)69-70-62(50-28-12-3-13-29-50)47-63(71-69)57-40-22-38-55(42-57)56-39-23-41-58(43-56)64-65(51-30-14-4-15-31-51)67(53-34-18-6-19-35-53)72-68(54-36-20-7-21-37-54)66(64)52-32-16-5-17-33-52/h1-47,62,67,69-72H. The van der Waals surface area contributed by atoms with Gasteiger partial charge in [0.15, 0.2) is 0 Å². The molecule has 3 nitrogen and oxygen atoms in total. The van der Waals surface area contributed by atoms with Gasteiger partial charge < -0.3 is 10.6 Å². The fourth-order valence-corrected chi connectivity index (χ4v) is 10.5. The van der Waals surface area contributed by atoms with Crippen LogP contribution in [0.1, 0.15) is 62.8 Å². The lowest BCUT2D eigenvalue weighted by Crippen LogP contribution is -2.39. The number of benzene rings is 10. The maximum absolute atomic E-state index is 4.13. The number of hydrogen-bond donors (Lipinski definition) is 3. The summed E-state index contributed by atoms with van der Waals surface area (Å²) in [4.78, 5) is 0. The molecule has 0 aromatic heterocycles. The van der Waals surface area contributed by atoms with Crippen molar-refractivity contribution in [2.45, 2.75) is 18.2 Å². The summed E-state index contributed by atoms with van der Waals surface area (Å²) in [5, 5.41) is 12.1. The van der Waals surface area contributed by atoms with Crippen molar-refractivity contribution in [2.75, 3.05) is 0 Å². The van der Waals surface area contributed by atoms with Crippen molar-refractivity contribution < 1.29 is 0 Å². The predicted octanol–water partition coefficient (Wildman–Crippen LogP) is 16.5. The molecule has 3 unspecified atom stereocenters. The summed E-state index contributed by atoms with van der Waals surface area (Å²) >= 11 is 0. The van der Waals surface area contributed by atoms with Crippen LogP contribution in [0.2, 0.25) is 0 Å². The van der Waals surface area contributed by atoms with Crippen LogP contribution >= 0.6 is 0 Å². The highest BCUT2D eigenvalue weighted by Gasteiger charge is 2.33. The van der Waals surface area contributed by atoms with Crippen LogP contribution in [0.4, 0.5) is 0 Å². The quantitative estimate of drug-likeness (QED) is 0.121. The van der Waals surface area contributed by atoms with Crippen LogP contribution in [0.25, 0.3) is 61.5 Å². The molecule has 344 valence electrons. The van der Waals surface area contributed by atoms with Gasteiger partial charge in [0, 0.05) is 11.3 Å². The van der Waals surface area contributed by atoms with Gasteiger partial charge in [-0.1, -0.05) is 249 Å². The number of nitrogens with one attached hydrogen (secondary N) is 3. The molecular formula is C69H53N3. The summed E-state index contributed by atoms with van der Waals surface area (Å²) in [6, 6.07) is 101. The average Bonchev–Trinajstić information content (AvgIpc) is 3.48. The second kappa shape index (κ2) is 20.1. The fourth-order valence-electron chi connectivity index (χ4n) is 10.5. The Hall–Kier alpha value is -9.02. The van der Waals surface area contributed by atoms with Gasteiger partial charge in [-0.15, -0.1) is 0 Å². The number of allylic oxidation sites excluding steroid dienone is 2. The van der Waals surface area contributed by atoms with E-state index in [9.17, 15) is 0 Å². The highest BCUT2D eigenvalue weighted by atomic mass is 15.2. The normalized spacial score (nSPS) is 16.6. The third kappa shape index (κ3) is 9.13. The highest BCUT2D eigenvalue weighted by molar-refractivity contribution is 6.24. The molecule has 0 spiro atoms. The number of rotatable bonds is 11. The molecule has 72 heavy (non-hydrogen) atoms. The monoisotopic (exact) mass is 923 g/mol. The van der Waals surface area contributed by atoms with Crippen molar-refractivity contribution in [2.24, 2.45) is 0 Å². The van der Waals surface area contributed by atoms with Gasteiger partial charge in [-0.2, -0.15) is 0 Å². The molecule has 2 heterocycles. The molecule has 0 aliphatic carbocycles. The van der Waals surface area contributed by atoms with Crippen molar-refractivity contribution in [1.82, 2.24) is 16.0 Å². The third-order valence-corrected chi connectivity index (χ3v) is 14.0. The lowest BCUT2D eigenvalue weighted by Gasteiger charge is -2.36. The summed E-state index contributed by atoms with van der Waals surface area (Å²) in [7, 11) is 0. The van der Waals surface area contributed by atoms with Crippen LogP contribution in [0.15, 0.2) is 285 Å². The van der Waals surface area contributed by atoms with E-state index in [0.717, 1.165) is 44.8 Å². The molecule has 10 aromatic carbocycles. The van der Waals surface area contributed by atoms with Crippen LogP contribution < -0.4 is 16.0 Å². The van der Waals surface area contributed by atoms with Crippen molar-refractivity contribution in [3.8, 4) is 33.4 Å². The SMILES string of the molecule is C1=C(c2cccc(-c3cccc(C4=C(c5ccccc5)C(c5ccccc5)NC(c5ccccc5)=C4c4ccccc4)c3)c2)NC(c2cc(-c3ccccc3)cc(-c3ccccc3)c2)NC1c1ccccc1. The van der Waals surface area contributed by atoms with Crippen LogP contribution in [-0.2, 0) is 0 Å². The van der Waals surface area contributed by atoms with Crippen molar-refractivity contribution in [3.63, 3.8) is 0 Å². The minimum absolute atomic E-state index is 0.0391. The maximum Gasteiger partial charge on any atom is 0.104 e. The molecule has 3 N–H and O–H groups in total. The van der Waals surface area contributed by atoms with E-state index in [1.165, 1.54) is 61.2 Å². The first-order valence-electron chi connectivity index (χ1n) is 24.9. The molecule has 0 amide bonds. The molecule has 2 aliphatic heterocycles. The van der Waals surface area contributed by atoms with Crippen molar-refractivity contribution in [3.05, 3.63) is 330 Å². The molecule has 3 heteroatoms. The van der Waals surface area contributed by atoms with Gasteiger partial charge in [0.05, 0.1) is 17.8 Å². The fraction of sp³-hybridized carbons (Fsp3) is 0.0435. The topological polar surface area (TPSA) is 36.1 Å². The van der Waals surface area contributed by atoms with E-state index in [0.29, 0.717) is 0 Å². The van der Waals surface area contributed by atoms with E-state index in [1.54, 1.807) is 0 Å². The van der Waals surface area contributed by atoms with Gasteiger partial charge in [0.2, 0.25) is 0 Å². The lowest BCUT2D eigenvalue weighted by atomic mass is 9.76. The van der Waals surface area contributed by atoms with E-state index in [-0.39, 0.29) is 18.2 Å². The Morgan fingerprint density at radius 2 is 0.681 bits per heavy atom. The molecule has 0 saturated heterocycles. The Balaban J connectivity index is 0.995. The highest BCUT2D eigenvalue weighted by Crippen LogP contribution is 2.50. The van der Waals surface area contributed by atoms with Crippen LogP contribution in [0.5, 0.6) is 0 Å². The Morgan fingerprint density at radius 1 is 0.264 bits per heavy atom. The largest absolute Gasteiger partial charge is 0.373 e.